The van der Waals surface area contributed by atoms with Crippen LogP contribution in [0.5, 0.6) is 11.5 Å². The summed E-state index contributed by atoms with van der Waals surface area (Å²) in [5.41, 5.74) is 1.16. The first-order valence-electron chi connectivity index (χ1n) is 9.55. The van der Waals surface area contributed by atoms with Crippen LogP contribution in [0.25, 0.3) is 0 Å². The van der Waals surface area contributed by atoms with Gasteiger partial charge in [-0.15, -0.1) is 0 Å². The van der Waals surface area contributed by atoms with E-state index in [4.69, 9.17) is 26.4 Å². The van der Waals surface area contributed by atoms with E-state index in [2.05, 4.69) is 24.5 Å². The summed E-state index contributed by atoms with van der Waals surface area (Å²) in [7, 11) is 1.59. The van der Waals surface area contributed by atoms with E-state index >= 15 is 0 Å². The van der Waals surface area contributed by atoms with Crippen LogP contribution in [0.2, 0.25) is 0 Å². The molecule has 7 heteroatoms. The van der Waals surface area contributed by atoms with Crippen LogP contribution in [0.4, 0.5) is 5.69 Å². The van der Waals surface area contributed by atoms with Crippen LogP contribution < -0.4 is 20.1 Å². The second kappa shape index (κ2) is 12.0. The standard InChI is InChI=1S/C22H28N2O4S/c1-16(2)12-13-27-18-10-8-17(9-11-18)23-22(29)24-21(25)19-6-4-5-7-20(19)28-15-14-26-3/h4-11,16H,12-15H2,1-3H3,(H2,23,24,25,29). The van der Waals surface area contributed by atoms with Crippen molar-refractivity contribution in [2.24, 2.45) is 5.92 Å². The number of carbonyl (C=O) groups is 1. The topological polar surface area (TPSA) is 68.8 Å². The molecular formula is C22H28N2O4S. The minimum absolute atomic E-state index is 0.204. The first-order chi connectivity index (χ1) is 14.0. The molecule has 0 aliphatic rings. The predicted molar refractivity (Wildman–Crippen MR) is 119 cm³/mol. The van der Waals surface area contributed by atoms with Crippen LogP contribution in [0.15, 0.2) is 48.5 Å². The molecule has 6 nitrogen and oxygen atoms in total. The molecule has 0 aromatic heterocycles. The van der Waals surface area contributed by atoms with E-state index in [1.807, 2.05) is 24.3 Å². The van der Waals surface area contributed by atoms with Crippen LogP contribution in [0, 0.1) is 5.92 Å². The van der Waals surface area contributed by atoms with E-state index in [-0.39, 0.29) is 11.0 Å². The number of ether oxygens (including phenoxy) is 3. The van der Waals surface area contributed by atoms with Gasteiger partial charge in [-0.1, -0.05) is 26.0 Å². The van der Waals surface area contributed by atoms with E-state index in [1.165, 1.54) is 0 Å². The highest BCUT2D eigenvalue weighted by Crippen LogP contribution is 2.19. The summed E-state index contributed by atoms with van der Waals surface area (Å²) in [6.07, 6.45) is 1.01. The first-order valence-corrected chi connectivity index (χ1v) is 9.96. The lowest BCUT2D eigenvalue weighted by Crippen LogP contribution is -2.34. The number of amides is 1. The minimum Gasteiger partial charge on any atom is -0.494 e. The van der Waals surface area contributed by atoms with E-state index in [0.29, 0.717) is 37.1 Å². The Morgan fingerprint density at radius 2 is 1.72 bits per heavy atom. The van der Waals surface area contributed by atoms with Gasteiger partial charge in [0.25, 0.3) is 5.91 Å². The molecule has 0 bridgehead atoms. The highest BCUT2D eigenvalue weighted by atomic mass is 32.1. The lowest BCUT2D eigenvalue weighted by atomic mass is 10.1. The molecule has 29 heavy (non-hydrogen) atoms. The fourth-order valence-corrected chi connectivity index (χ4v) is 2.61. The van der Waals surface area contributed by atoms with Crippen molar-refractivity contribution in [3.05, 3.63) is 54.1 Å². The Morgan fingerprint density at radius 3 is 2.41 bits per heavy atom. The lowest BCUT2D eigenvalue weighted by Gasteiger charge is -2.13. The molecule has 0 heterocycles. The summed E-state index contributed by atoms with van der Waals surface area (Å²) in [6.45, 7) is 5.80. The lowest BCUT2D eigenvalue weighted by molar-refractivity contribution is 0.0970. The normalized spacial score (nSPS) is 10.5. The average Bonchev–Trinajstić information content (AvgIpc) is 2.69. The van der Waals surface area contributed by atoms with Crippen molar-refractivity contribution >= 4 is 28.9 Å². The summed E-state index contributed by atoms with van der Waals surface area (Å²) in [5.74, 6) is 1.54. The third-order valence-electron chi connectivity index (χ3n) is 3.98. The van der Waals surface area contributed by atoms with Gasteiger partial charge < -0.3 is 19.5 Å². The van der Waals surface area contributed by atoms with Crippen LogP contribution in [-0.2, 0) is 4.74 Å². The van der Waals surface area contributed by atoms with E-state index < -0.39 is 0 Å². The number of rotatable bonds is 10. The fraction of sp³-hybridized carbons (Fsp3) is 0.364. The molecule has 0 fully saturated rings. The van der Waals surface area contributed by atoms with Crippen molar-refractivity contribution in [1.82, 2.24) is 5.32 Å². The van der Waals surface area contributed by atoms with Crippen LogP contribution in [0.1, 0.15) is 30.6 Å². The molecule has 0 unspecified atom stereocenters. The minimum atomic E-state index is -0.343. The van der Waals surface area contributed by atoms with Gasteiger partial charge in [0, 0.05) is 12.8 Å². The third kappa shape index (κ3) is 8.09. The van der Waals surface area contributed by atoms with Crippen molar-refractivity contribution in [2.75, 3.05) is 32.2 Å². The molecule has 156 valence electrons. The van der Waals surface area contributed by atoms with Gasteiger partial charge in [0.1, 0.15) is 18.1 Å². The van der Waals surface area contributed by atoms with Gasteiger partial charge in [-0.25, -0.2) is 0 Å². The smallest absolute Gasteiger partial charge is 0.261 e. The molecule has 2 aromatic carbocycles. The fourth-order valence-electron chi connectivity index (χ4n) is 2.39. The molecular weight excluding hydrogens is 388 g/mol. The molecule has 2 N–H and O–H groups in total. The first kappa shape index (κ1) is 22.6. The maximum absolute atomic E-state index is 12.6. The number of methoxy groups -OCH3 is 1. The summed E-state index contributed by atoms with van der Waals surface area (Å²) < 4.78 is 16.3. The zero-order valence-corrected chi connectivity index (χ0v) is 17.9. The Bertz CT molecular complexity index is 794. The number of para-hydroxylation sites is 1. The molecule has 2 rings (SSSR count). The van der Waals surface area contributed by atoms with Crippen molar-refractivity contribution < 1.29 is 19.0 Å². The molecule has 0 spiro atoms. The molecule has 0 aliphatic heterocycles. The Balaban J connectivity index is 1.88. The molecule has 0 saturated carbocycles. The van der Waals surface area contributed by atoms with Crippen LogP contribution in [-0.4, -0.2) is 38.0 Å². The van der Waals surface area contributed by atoms with E-state index in [0.717, 1.165) is 17.9 Å². The van der Waals surface area contributed by atoms with E-state index in [9.17, 15) is 4.79 Å². The van der Waals surface area contributed by atoms with Crippen molar-refractivity contribution in [3.8, 4) is 11.5 Å². The molecule has 0 saturated heterocycles. The molecule has 0 atom stereocenters. The summed E-state index contributed by atoms with van der Waals surface area (Å²) in [6, 6.07) is 14.4. The Labute approximate surface area is 177 Å². The number of benzene rings is 2. The molecule has 2 aromatic rings. The van der Waals surface area contributed by atoms with Gasteiger partial charge in [0.2, 0.25) is 0 Å². The quantitative estimate of drug-likeness (QED) is 0.445. The number of hydrogen-bond donors (Lipinski definition) is 2. The maximum Gasteiger partial charge on any atom is 0.261 e. The van der Waals surface area contributed by atoms with Crippen molar-refractivity contribution in [3.63, 3.8) is 0 Å². The van der Waals surface area contributed by atoms with Crippen LogP contribution in [0.3, 0.4) is 0 Å². The van der Waals surface area contributed by atoms with Gasteiger partial charge in [-0.3, -0.25) is 10.1 Å². The zero-order valence-electron chi connectivity index (χ0n) is 17.1. The number of anilines is 1. The van der Waals surface area contributed by atoms with Gasteiger partial charge in [0.05, 0.1) is 18.8 Å². The van der Waals surface area contributed by atoms with Gasteiger partial charge >= 0.3 is 0 Å². The second-order valence-corrected chi connectivity index (χ2v) is 7.21. The largest absolute Gasteiger partial charge is 0.494 e. The highest BCUT2D eigenvalue weighted by Gasteiger charge is 2.13. The van der Waals surface area contributed by atoms with Gasteiger partial charge in [0.15, 0.2) is 5.11 Å². The molecule has 1 amide bonds. The number of hydrogen-bond acceptors (Lipinski definition) is 5. The SMILES string of the molecule is COCCOc1ccccc1C(=O)NC(=S)Nc1ccc(OCCC(C)C)cc1. The highest BCUT2D eigenvalue weighted by molar-refractivity contribution is 7.80. The molecule has 0 aliphatic carbocycles. The van der Waals surface area contributed by atoms with E-state index in [1.54, 1.807) is 31.4 Å². The zero-order chi connectivity index (χ0) is 21.1. The molecule has 0 radical (unpaired) electrons. The summed E-state index contributed by atoms with van der Waals surface area (Å²) in [5, 5.41) is 5.88. The Morgan fingerprint density at radius 1 is 1.00 bits per heavy atom. The van der Waals surface area contributed by atoms with Gasteiger partial charge in [-0.05, 0) is 61.0 Å². The van der Waals surface area contributed by atoms with Crippen molar-refractivity contribution in [2.45, 2.75) is 20.3 Å². The van der Waals surface area contributed by atoms with Crippen LogP contribution >= 0.6 is 12.2 Å². The summed E-state index contributed by atoms with van der Waals surface area (Å²) >= 11 is 5.26. The number of nitrogens with one attached hydrogen (secondary N) is 2. The Hall–Kier alpha value is -2.64. The second-order valence-electron chi connectivity index (χ2n) is 6.80. The average molecular weight is 417 g/mol. The maximum atomic E-state index is 12.6. The van der Waals surface area contributed by atoms with Crippen molar-refractivity contribution in [1.29, 1.82) is 0 Å². The third-order valence-corrected chi connectivity index (χ3v) is 4.18. The number of thiocarbonyl (C=S) groups is 1. The summed E-state index contributed by atoms with van der Waals surface area (Å²) in [4.78, 5) is 12.6. The number of carbonyl (C=O) groups excluding carboxylic acids is 1. The Kier molecular flexibility index (Phi) is 9.40. The monoisotopic (exact) mass is 416 g/mol. The van der Waals surface area contributed by atoms with Gasteiger partial charge in [-0.2, -0.15) is 0 Å². The predicted octanol–water partition coefficient (Wildman–Crippen LogP) is 4.26.